The number of amides is 1. The van der Waals surface area contributed by atoms with E-state index in [2.05, 4.69) is 5.32 Å². The van der Waals surface area contributed by atoms with Gasteiger partial charge in [0.25, 0.3) is 0 Å². The van der Waals surface area contributed by atoms with Crippen LogP contribution in [0.2, 0.25) is 5.02 Å². The summed E-state index contributed by atoms with van der Waals surface area (Å²) in [5.74, 6) is -0.0771. The number of hydrogen-bond donors (Lipinski definition) is 2. The predicted octanol–water partition coefficient (Wildman–Crippen LogP) is 2.50. The van der Waals surface area contributed by atoms with Crippen LogP contribution in [0.15, 0.2) is 18.2 Å². The Balaban J connectivity index is 2.58. The van der Waals surface area contributed by atoms with E-state index in [9.17, 15) is 9.18 Å². The zero-order valence-electron chi connectivity index (χ0n) is 9.37. The highest BCUT2D eigenvalue weighted by Crippen LogP contribution is 2.18. The lowest BCUT2D eigenvalue weighted by Crippen LogP contribution is -2.36. The van der Waals surface area contributed by atoms with E-state index in [1.165, 1.54) is 18.2 Å². The van der Waals surface area contributed by atoms with Gasteiger partial charge in [-0.05, 0) is 36.6 Å². The quantitative estimate of drug-likeness (QED) is 0.869. The lowest BCUT2D eigenvalue weighted by Gasteiger charge is -2.11. The lowest BCUT2D eigenvalue weighted by molar-refractivity contribution is -0.117. The van der Waals surface area contributed by atoms with Crippen LogP contribution in [0.4, 0.5) is 10.1 Å². The molecular formula is C11H14ClFN2OS. The van der Waals surface area contributed by atoms with Crippen molar-refractivity contribution >= 4 is 35.0 Å². The van der Waals surface area contributed by atoms with Crippen molar-refractivity contribution in [2.75, 3.05) is 17.3 Å². The number of rotatable bonds is 5. The maximum atomic E-state index is 13.1. The number of anilines is 1. The molecular weight excluding hydrogens is 263 g/mol. The third-order valence-corrected chi connectivity index (χ3v) is 3.11. The van der Waals surface area contributed by atoms with Gasteiger partial charge in [0, 0.05) is 5.69 Å². The average Bonchev–Trinajstić information content (AvgIpc) is 2.30. The van der Waals surface area contributed by atoms with E-state index in [1.807, 2.05) is 6.26 Å². The molecule has 0 aromatic heterocycles. The molecule has 0 aliphatic heterocycles. The number of nitrogens with one attached hydrogen (secondary N) is 1. The molecule has 1 aromatic carbocycles. The molecule has 3 nitrogen and oxygen atoms in total. The number of carbonyl (C=O) groups is 1. The largest absolute Gasteiger partial charge is 0.325 e. The summed E-state index contributed by atoms with van der Waals surface area (Å²) in [5.41, 5.74) is 6.03. The van der Waals surface area contributed by atoms with Crippen LogP contribution in [0.25, 0.3) is 0 Å². The summed E-state index contributed by atoms with van der Waals surface area (Å²) in [6.07, 6.45) is 2.53. The summed E-state index contributed by atoms with van der Waals surface area (Å²) in [7, 11) is 0. The number of hydrogen-bond acceptors (Lipinski definition) is 3. The second-order valence-electron chi connectivity index (χ2n) is 3.51. The van der Waals surface area contributed by atoms with Crippen molar-refractivity contribution in [3.05, 3.63) is 29.0 Å². The van der Waals surface area contributed by atoms with Crippen molar-refractivity contribution < 1.29 is 9.18 Å². The summed E-state index contributed by atoms with van der Waals surface area (Å²) >= 11 is 7.15. The predicted molar refractivity (Wildman–Crippen MR) is 71.0 cm³/mol. The van der Waals surface area contributed by atoms with Crippen molar-refractivity contribution in [1.82, 2.24) is 0 Å². The molecule has 1 atom stereocenters. The van der Waals surface area contributed by atoms with Crippen LogP contribution in [0.1, 0.15) is 6.42 Å². The molecule has 0 bridgehead atoms. The molecule has 0 aliphatic carbocycles. The fraction of sp³-hybridized carbons (Fsp3) is 0.364. The fourth-order valence-electron chi connectivity index (χ4n) is 1.18. The Morgan fingerprint density at radius 1 is 1.65 bits per heavy atom. The molecule has 94 valence electrons. The molecule has 0 aliphatic rings. The van der Waals surface area contributed by atoms with Crippen LogP contribution in [-0.2, 0) is 4.79 Å². The third-order valence-electron chi connectivity index (χ3n) is 2.16. The summed E-state index contributed by atoms with van der Waals surface area (Å²) in [5, 5.41) is 2.57. The highest BCUT2D eigenvalue weighted by molar-refractivity contribution is 7.98. The minimum atomic E-state index is -0.582. The van der Waals surface area contributed by atoms with E-state index in [-0.39, 0.29) is 10.9 Å². The van der Waals surface area contributed by atoms with Gasteiger partial charge in [-0.1, -0.05) is 11.6 Å². The molecule has 1 rings (SSSR count). The van der Waals surface area contributed by atoms with Crippen LogP contribution < -0.4 is 11.1 Å². The molecule has 1 aromatic rings. The maximum Gasteiger partial charge on any atom is 0.241 e. The van der Waals surface area contributed by atoms with E-state index >= 15 is 0 Å². The summed E-state index contributed by atoms with van der Waals surface area (Å²) < 4.78 is 13.1. The van der Waals surface area contributed by atoms with E-state index < -0.39 is 11.9 Å². The molecule has 0 unspecified atom stereocenters. The Bertz CT molecular complexity index is 403. The highest BCUT2D eigenvalue weighted by atomic mass is 35.5. The standard InChI is InChI=1S/C11H14ClFN2OS/c1-17-5-4-10(14)11(16)15-7-2-3-8(12)9(13)6-7/h2-3,6,10H,4-5,14H2,1H3,(H,15,16)/t10-/m0/s1. The average molecular weight is 277 g/mol. The Morgan fingerprint density at radius 3 is 2.94 bits per heavy atom. The van der Waals surface area contributed by atoms with Crippen molar-refractivity contribution in [3.63, 3.8) is 0 Å². The molecule has 0 radical (unpaired) electrons. The second-order valence-corrected chi connectivity index (χ2v) is 4.90. The van der Waals surface area contributed by atoms with Gasteiger partial charge in [-0.15, -0.1) is 0 Å². The minimum absolute atomic E-state index is 0.0229. The monoisotopic (exact) mass is 276 g/mol. The normalized spacial score (nSPS) is 12.2. The number of halogens is 2. The SMILES string of the molecule is CSCC[C@H](N)C(=O)Nc1ccc(Cl)c(F)c1. The van der Waals surface area contributed by atoms with E-state index in [0.717, 1.165) is 5.75 Å². The van der Waals surface area contributed by atoms with Gasteiger partial charge in [-0.25, -0.2) is 4.39 Å². The topological polar surface area (TPSA) is 55.1 Å². The molecule has 17 heavy (non-hydrogen) atoms. The zero-order valence-corrected chi connectivity index (χ0v) is 10.9. The minimum Gasteiger partial charge on any atom is -0.325 e. The summed E-state index contributed by atoms with van der Waals surface area (Å²) in [6.45, 7) is 0. The van der Waals surface area contributed by atoms with Gasteiger partial charge in [-0.3, -0.25) is 4.79 Å². The first kappa shape index (κ1) is 14.3. The molecule has 0 fully saturated rings. The molecule has 0 heterocycles. The van der Waals surface area contributed by atoms with Crippen molar-refractivity contribution in [1.29, 1.82) is 0 Å². The summed E-state index contributed by atoms with van der Waals surface area (Å²) in [6, 6.07) is 3.51. The van der Waals surface area contributed by atoms with Crippen molar-refractivity contribution in [2.24, 2.45) is 5.73 Å². The van der Waals surface area contributed by atoms with Gasteiger partial charge in [-0.2, -0.15) is 11.8 Å². The highest BCUT2D eigenvalue weighted by Gasteiger charge is 2.13. The molecule has 1 amide bonds. The third kappa shape index (κ3) is 4.53. The number of nitrogens with two attached hydrogens (primary N) is 1. The first-order valence-electron chi connectivity index (χ1n) is 5.05. The van der Waals surface area contributed by atoms with E-state index in [0.29, 0.717) is 12.1 Å². The van der Waals surface area contributed by atoms with Gasteiger partial charge in [0.15, 0.2) is 0 Å². The van der Waals surface area contributed by atoms with Crippen molar-refractivity contribution in [3.8, 4) is 0 Å². The first-order valence-corrected chi connectivity index (χ1v) is 6.82. The Kier molecular flexibility index (Phi) is 5.74. The maximum absolute atomic E-state index is 13.1. The Labute approximate surface area is 109 Å². The smallest absolute Gasteiger partial charge is 0.241 e. The molecule has 6 heteroatoms. The number of benzene rings is 1. The Morgan fingerprint density at radius 2 is 2.35 bits per heavy atom. The van der Waals surface area contributed by atoms with Crippen LogP contribution in [-0.4, -0.2) is 24.0 Å². The summed E-state index contributed by atoms with van der Waals surface area (Å²) in [4.78, 5) is 11.6. The second kappa shape index (κ2) is 6.83. The van der Waals surface area contributed by atoms with Gasteiger partial charge in [0.05, 0.1) is 11.1 Å². The molecule has 0 spiro atoms. The van der Waals surface area contributed by atoms with E-state index in [4.69, 9.17) is 17.3 Å². The number of thioether (sulfide) groups is 1. The van der Waals surface area contributed by atoms with Gasteiger partial charge in [0.1, 0.15) is 5.82 Å². The number of carbonyl (C=O) groups excluding carboxylic acids is 1. The molecule has 0 saturated carbocycles. The van der Waals surface area contributed by atoms with Crippen LogP contribution in [0.5, 0.6) is 0 Å². The Hall–Kier alpha value is -0.780. The fourth-order valence-corrected chi connectivity index (χ4v) is 1.79. The zero-order chi connectivity index (χ0) is 12.8. The van der Waals surface area contributed by atoms with Gasteiger partial charge in [0.2, 0.25) is 5.91 Å². The van der Waals surface area contributed by atoms with Crippen LogP contribution >= 0.6 is 23.4 Å². The van der Waals surface area contributed by atoms with Crippen LogP contribution in [0.3, 0.4) is 0 Å². The lowest BCUT2D eigenvalue weighted by atomic mass is 10.2. The van der Waals surface area contributed by atoms with Crippen LogP contribution in [0, 0.1) is 5.82 Å². The van der Waals surface area contributed by atoms with Gasteiger partial charge >= 0.3 is 0 Å². The molecule has 0 saturated heterocycles. The first-order chi connectivity index (χ1) is 8.04. The van der Waals surface area contributed by atoms with Gasteiger partial charge < -0.3 is 11.1 Å². The van der Waals surface area contributed by atoms with Crippen molar-refractivity contribution in [2.45, 2.75) is 12.5 Å². The van der Waals surface area contributed by atoms with E-state index in [1.54, 1.807) is 11.8 Å². The molecule has 3 N–H and O–H groups in total.